The van der Waals surface area contributed by atoms with Crippen molar-refractivity contribution in [2.75, 3.05) is 38.2 Å². The standard InChI is InChI=1S/C31H36F3N3O/c1-19-9-24-23-6-3-2-5-20(23)10-25(24)29(37(19)31-15-30(16-31,17-31)18-38)28-26(33)11-21(12-27(28)34)35-22-13-36(14-22)8-4-7-32/h2-3,5-6,11-12,19,22,29,35,38H,4,7-10,13-18H2,1H3/t19-,29+,30?,31?/m1/s1. The van der Waals surface area contributed by atoms with Gasteiger partial charge >= 0.3 is 0 Å². The number of alkyl halides is 1. The fourth-order valence-corrected chi connectivity index (χ4v) is 8.50. The molecule has 0 spiro atoms. The highest BCUT2D eigenvalue weighted by Gasteiger charge is 2.71. The largest absolute Gasteiger partial charge is 0.396 e. The minimum Gasteiger partial charge on any atom is -0.396 e. The number of anilines is 1. The van der Waals surface area contributed by atoms with Crippen molar-refractivity contribution in [3.05, 3.63) is 70.3 Å². The van der Waals surface area contributed by atoms with Gasteiger partial charge in [0.25, 0.3) is 0 Å². The summed E-state index contributed by atoms with van der Waals surface area (Å²) in [7, 11) is 0. The predicted octanol–water partition coefficient (Wildman–Crippen LogP) is 5.48. The third-order valence-corrected chi connectivity index (χ3v) is 9.98. The van der Waals surface area contributed by atoms with E-state index in [1.54, 1.807) is 0 Å². The van der Waals surface area contributed by atoms with E-state index in [1.165, 1.54) is 28.8 Å². The Morgan fingerprint density at radius 1 is 1.08 bits per heavy atom. The molecule has 2 atom stereocenters. The van der Waals surface area contributed by atoms with Gasteiger partial charge in [0, 0.05) is 49.1 Å². The maximum atomic E-state index is 16.0. The molecule has 2 bridgehead atoms. The number of halogens is 3. The summed E-state index contributed by atoms with van der Waals surface area (Å²) in [6.07, 6.45) is 4.81. The van der Waals surface area contributed by atoms with Crippen LogP contribution < -0.4 is 5.32 Å². The summed E-state index contributed by atoms with van der Waals surface area (Å²) in [5.74, 6) is -1.01. The Bertz CT molecular complexity index is 1260. The minimum atomic E-state index is -0.503. The van der Waals surface area contributed by atoms with Gasteiger partial charge in [-0.2, -0.15) is 0 Å². The van der Waals surface area contributed by atoms with Gasteiger partial charge in [-0.3, -0.25) is 14.2 Å². The second-order valence-electron chi connectivity index (χ2n) is 12.6. The van der Waals surface area contributed by atoms with Gasteiger partial charge in [-0.1, -0.05) is 24.3 Å². The summed E-state index contributed by atoms with van der Waals surface area (Å²) in [5.41, 5.74) is 5.38. The molecule has 7 heteroatoms. The smallest absolute Gasteiger partial charge is 0.133 e. The number of nitrogens with one attached hydrogen (secondary N) is 1. The first-order valence-electron chi connectivity index (χ1n) is 14.1. The number of fused-ring (bicyclic) bond motifs is 2. The maximum absolute atomic E-state index is 16.0. The molecule has 0 unspecified atom stereocenters. The fraction of sp³-hybridized carbons (Fsp3) is 0.548. The van der Waals surface area contributed by atoms with Gasteiger partial charge in [0.2, 0.25) is 0 Å². The summed E-state index contributed by atoms with van der Waals surface area (Å²) in [6.45, 7) is 4.28. The molecule has 2 aliphatic heterocycles. The van der Waals surface area contributed by atoms with Crippen molar-refractivity contribution >= 4 is 11.3 Å². The summed E-state index contributed by atoms with van der Waals surface area (Å²) in [6, 6.07) is 11.1. The summed E-state index contributed by atoms with van der Waals surface area (Å²) in [5, 5.41) is 13.2. The summed E-state index contributed by atoms with van der Waals surface area (Å²) < 4.78 is 44.5. The molecule has 2 heterocycles. The van der Waals surface area contributed by atoms with Crippen molar-refractivity contribution in [1.29, 1.82) is 0 Å². The first kappa shape index (κ1) is 24.7. The lowest BCUT2D eigenvalue weighted by Gasteiger charge is -2.76. The fourth-order valence-electron chi connectivity index (χ4n) is 8.50. The van der Waals surface area contributed by atoms with Gasteiger partial charge in [0.15, 0.2) is 0 Å². The van der Waals surface area contributed by atoms with Crippen molar-refractivity contribution in [3.63, 3.8) is 0 Å². The lowest BCUT2D eigenvalue weighted by molar-refractivity contribution is -0.253. The van der Waals surface area contributed by atoms with Gasteiger partial charge in [-0.15, -0.1) is 0 Å². The Morgan fingerprint density at radius 3 is 2.47 bits per heavy atom. The molecule has 0 amide bonds. The number of rotatable bonds is 8. The number of aliphatic hydroxyl groups excluding tert-OH is 1. The van der Waals surface area contributed by atoms with E-state index in [0.717, 1.165) is 50.8 Å². The number of aliphatic hydroxyl groups is 1. The van der Waals surface area contributed by atoms with Gasteiger partial charge in [-0.05, 0) is 85.3 Å². The molecule has 38 heavy (non-hydrogen) atoms. The minimum absolute atomic E-state index is 0.00327. The van der Waals surface area contributed by atoms with Crippen molar-refractivity contribution < 1.29 is 18.3 Å². The second-order valence-corrected chi connectivity index (χ2v) is 12.6. The Balaban J connectivity index is 1.22. The van der Waals surface area contributed by atoms with Crippen LogP contribution in [0.25, 0.3) is 5.57 Å². The van der Waals surface area contributed by atoms with Gasteiger partial charge < -0.3 is 10.4 Å². The van der Waals surface area contributed by atoms with E-state index in [0.29, 0.717) is 18.7 Å². The second kappa shape index (κ2) is 8.83. The first-order valence-corrected chi connectivity index (χ1v) is 14.1. The highest BCUT2D eigenvalue weighted by molar-refractivity contribution is 5.79. The van der Waals surface area contributed by atoms with E-state index >= 15 is 8.78 Å². The number of hydrogen-bond donors (Lipinski definition) is 2. The van der Waals surface area contributed by atoms with Crippen LogP contribution in [-0.4, -0.2) is 65.4 Å². The van der Waals surface area contributed by atoms with E-state index in [2.05, 4.69) is 34.2 Å². The molecule has 2 aromatic rings. The van der Waals surface area contributed by atoms with Gasteiger partial charge in [0.05, 0.1) is 18.8 Å². The Hall–Kier alpha value is -2.35. The van der Waals surface area contributed by atoms with Crippen molar-refractivity contribution in [2.24, 2.45) is 5.41 Å². The van der Waals surface area contributed by atoms with Crippen molar-refractivity contribution in [3.8, 4) is 0 Å². The Kier molecular flexibility index (Phi) is 5.73. The maximum Gasteiger partial charge on any atom is 0.133 e. The van der Waals surface area contributed by atoms with Crippen LogP contribution in [0.3, 0.4) is 0 Å². The molecule has 4 fully saturated rings. The van der Waals surface area contributed by atoms with Crippen LogP contribution in [0.15, 0.2) is 42.0 Å². The van der Waals surface area contributed by atoms with Crippen LogP contribution in [-0.2, 0) is 6.42 Å². The van der Waals surface area contributed by atoms with Crippen LogP contribution >= 0.6 is 0 Å². The van der Waals surface area contributed by atoms with Crippen LogP contribution in [0, 0.1) is 17.0 Å². The van der Waals surface area contributed by atoms with Gasteiger partial charge in [-0.25, -0.2) is 8.78 Å². The average molecular weight is 524 g/mol. The molecule has 2 aromatic carbocycles. The summed E-state index contributed by atoms with van der Waals surface area (Å²) >= 11 is 0. The zero-order valence-electron chi connectivity index (χ0n) is 21.9. The molecule has 2 N–H and O–H groups in total. The lowest BCUT2D eigenvalue weighted by Crippen LogP contribution is -2.77. The van der Waals surface area contributed by atoms with Crippen LogP contribution in [0.1, 0.15) is 61.8 Å². The third kappa shape index (κ3) is 3.61. The van der Waals surface area contributed by atoms with Crippen LogP contribution in [0.4, 0.5) is 18.9 Å². The Morgan fingerprint density at radius 2 is 1.79 bits per heavy atom. The zero-order valence-corrected chi connectivity index (χ0v) is 21.9. The molecule has 6 aliphatic rings. The number of hydrogen-bond acceptors (Lipinski definition) is 4. The van der Waals surface area contributed by atoms with Crippen LogP contribution in [0.5, 0.6) is 0 Å². The highest BCUT2D eigenvalue weighted by atomic mass is 19.1. The van der Waals surface area contributed by atoms with E-state index in [-0.39, 0.29) is 41.9 Å². The number of likely N-dealkylation sites (tertiary alicyclic amines) is 1. The molecular formula is C31H36F3N3O. The molecule has 4 aliphatic carbocycles. The quantitative estimate of drug-likeness (QED) is 0.481. The van der Waals surface area contributed by atoms with E-state index < -0.39 is 17.7 Å². The van der Waals surface area contributed by atoms with Crippen LogP contribution in [0.2, 0.25) is 0 Å². The molecule has 0 radical (unpaired) electrons. The summed E-state index contributed by atoms with van der Waals surface area (Å²) in [4.78, 5) is 4.56. The predicted molar refractivity (Wildman–Crippen MR) is 143 cm³/mol. The molecule has 3 saturated carbocycles. The van der Waals surface area contributed by atoms with E-state index in [9.17, 15) is 9.50 Å². The zero-order chi connectivity index (χ0) is 26.2. The average Bonchev–Trinajstić information content (AvgIpc) is 3.18. The third-order valence-electron chi connectivity index (χ3n) is 9.98. The van der Waals surface area contributed by atoms with Crippen molar-refractivity contribution in [1.82, 2.24) is 9.80 Å². The SMILES string of the molecule is C[C@@H]1CC2=C(Cc3ccccc32)[C@@H](c2c(F)cc(NC3CN(CCCF)C3)cc2F)N1C12CC(CO)(C1)C2. The van der Waals surface area contributed by atoms with E-state index in [4.69, 9.17) is 0 Å². The highest BCUT2D eigenvalue weighted by Crippen LogP contribution is 2.72. The number of benzene rings is 2. The van der Waals surface area contributed by atoms with Crippen molar-refractivity contribution in [2.45, 2.75) is 69.1 Å². The number of nitrogens with zero attached hydrogens (tertiary/aromatic N) is 2. The molecule has 4 nitrogen and oxygen atoms in total. The topological polar surface area (TPSA) is 38.7 Å². The van der Waals surface area contributed by atoms with E-state index in [1.807, 2.05) is 12.1 Å². The molecule has 1 saturated heterocycles. The first-order chi connectivity index (χ1) is 18.4. The molecule has 202 valence electrons. The Labute approximate surface area is 222 Å². The monoisotopic (exact) mass is 523 g/mol. The molecule has 8 rings (SSSR count). The molecular weight excluding hydrogens is 487 g/mol. The lowest BCUT2D eigenvalue weighted by atomic mass is 9.38. The molecule has 0 aromatic heterocycles. The normalized spacial score (nSPS) is 32.3. The van der Waals surface area contributed by atoms with Gasteiger partial charge in [0.1, 0.15) is 11.6 Å².